The summed E-state index contributed by atoms with van der Waals surface area (Å²) in [6.45, 7) is 6.42. The summed E-state index contributed by atoms with van der Waals surface area (Å²) in [5.74, 6) is 1.91. The number of likely N-dealkylation sites (tertiary alicyclic amines) is 1. The van der Waals surface area contributed by atoms with Crippen LogP contribution in [-0.2, 0) is 4.74 Å². The van der Waals surface area contributed by atoms with Crippen molar-refractivity contribution in [3.05, 3.63) is 0 Å². The molecule has 1 unspecified atom stereocenters. The number of hydrogen-bond acceptors (Lipinski definition) is 2. The topological polar surface area (TPSA) is 36.9 Å². The van der Waals surface area contributed by atoms with Crippen molar-refractivity contribution in [3.63, 3.8) is 0 Å². The number of rotatable bonds is 2. The van der Waals surface area contributed by atoms with Crippen molar-refractivity contribution in [3.8, 4) is 0 Å². The average molecular weight is 367 g/mol. The van der Waals surface area contributed by atoms with Gasteiger partial charge in [0.2, 0.25) is 0 Å². The molecule has 4 nitrogen and oxygen atoms in total. The fourth-order valence-electron chi connectivity index (χ4n) is 2.56. The Bertz CT molecular complexity index is 259. The first-order valence-electron chi connectivity index (χ1n) is 6.87. The second-order valence-electron chi connectivity index (χ2n) is 5.23. The molecule has 0 bridgehead atoms. The van der Waals surface area contributed by atoms with Crippen LogP contribution in [-0.4, -0.2) is 50.3 Å². The highest BCUT2D eigenvalue weighted by molar-refractivity contribution is 14.0. The van der Waals surface area contributed by atoms with Gasteiger partial charge in [0.05, 0.1) is 6.10 Å². The molecule has 1 N–H and O–H groups in total. The Balaban J connectivity index is 0.00000162. The van der Waals surface area contributed by atoms with Crippen molar-refractivity contribution in [1.82, 2.24) is 10.2 Å². The van der Waals surface area contributed by atoms with E-state index in [0.29, 0.717) is 6.10 Å². The molecule has 2 rings (SSSR count). The first-order chi connectivity index (χ1) is 8.29. The van der Waals surface area contributed by atoms with Crippen molar-refractivity contribution >= 4 is 29.9 Å². The molecule has 5 heteroatoms. The number of halogens is 1. The zero-order valence-corrected chi connectivity index (χ0v) is 13.9. The predicted octanol–water partition coefficient (Wildman–Crippen LogP) is 2.09. The van der Waals surface area contributed by atoms with E-state index in [1.54, 1.807) is 0 Å². The highest BCUT2D eigenvalue weighted by Crippen LogP contribution is 2.16. The van der Waals surface area contributed by atoms with Crippen molar-refractivity contribution in [2.45, 2.75) is 38.7 Å². The Morgan fingerprint density at radius 1 is 1.33 bits per heavy atom. The van der Waals surface area contributed by atoms with Crippen molar-refractivity contribution < 1.29 is 4.74 Å². The molecule has 0 radical (unpaired) electrons. The average Bonchev–Trinajstić information content (AvgIpc) is 2.85. The number of aliphatic imine (C=N–C) groups is 1. The van der Waals surface area contributed by atoms with Crippen LogP contribution in [0.2, 0.25) is 0 Å². The number of guanidine groups is 1. The minimum absolute atomic E-state index is 0. The van der Waals surface area contributed by atoms with Gasteiger partial charge in [-0.15, -0.1) is 24.0 Å². The maximum atomic E-state index is 5.62. The Labute approximate surface area is 128 Å². The second-order valence-corrected chi connectivity index (χ2v) is 5.23. The van der Waals surface area contributed by atoms with Gasteiger partial charge in [0.1, 0.15) is 0 Å². The lowest BCUT2D eigenvalue weighted by atomic mass is 10.00. The van der Waals surface area contributed by atoms with Gasteiger partial charge in [-0.2, -0.15) is 0 Å². The number of nitrogens with zero attached hydrogens (tertiary/aromatic N) is 2. The number of nitrogens with one attached hydrogen (secondary N) is 1. The Kier molecular flexibility index (Phi) is 7.29. The van der Waals surface area contributed by atoms with Gasteiger partial charge in [0.15, 0.2) is 5.96 Å². The van der Waals surface area contributed by atoms with Gasteiger partial charge in [0.25, 0.3) is 0 Å². The molecular weight excluding hydrogens is 341 g/mol. The van der Waals surface area contributed by atoms with Gasteiger partial charge in [-0.3, -0.25) is 4.99 Å². The maximum absolute atomic E-state index is 5.62. The largest absolute Gasteiger partial charge is 0.376 e. The molecule has 2 aliphatic heterocycles. The van der Waals surface area contributed by atoms with E-state index in [2.05, 4.69) is 22.1 Å². The van der Waals surface area contributed by atoms with Gasteiger partial charge in [-0.1, -0.05) is 6.92 Å². The van der Waals surface area contributed by atoms with Crippen molar-refractivity contribution in [2.75, 3.05) is 33.3 Å². The Morgan fingerprint density at radius 2 is 2.06 bits per heavy atom. The third-order valence-corrected chi connectivity index (χ3v) is 3.81. The molecular formula is C13H26IN3O. The summed E-state index contributed by atoms with van der Waals surface area (Å²) in [4.78, 5) is 6.74. The third kappa shape index (κ3) is 4.57. The zero-order chi connectivity index (χ0) is 12.1. The van der Waals surface area contributed by atoms with E-state index < -0.39 is 0 Å². The maximum Gasteiger partial charge on any atom is 0.193 e. The molecule has 0 aromatic carbocycles. The smallest absolute Gasteiger partial charge is 0.193 e. The summed E-state index contributed by atoms with van der Waals surface area (Å²) >= 11 is 0. The van der Waals surface area contributed by atoms with Gasteiger partial charge in [-0.25, -0.2) is 0 Å². The van der Waals surface area contributed by atoms with E-state index in [1.165, 1.54) is 25.7 Å². The standard InChI is InChI=1S/C13H25N3O.HI/c1-11-5-7-16(8-6-11)13(14-2)15-10-12-4-3-9-17-12;/h11-12H,3-10H2,1-2H3,(H,14,15);1H. The number of hydrogen-bond donors (Lipinski definition) is 1. The quantitative estimate of drug-likeness (QED) is 0.461. The summed E-state index contributed by atoms with van der Waals surface area (Å²) in [6, 6.07) is 0. The van der Waals surface area contributed by atoms with E-state index in [-0.39, 0.29) is 24.0 Å². The Hall–Kier alpha value is -0.0400. The highest BCUT2D eigenvalue weighted by Gasteiger charge is 2.20. The minimum Gasteiger partial charge on any atom is -0.376 e. The fourth-order valence-corrected chi connectivity index (χ4v) is 2.56. The van der Waals surface area contributed by atoms with Crippen LogP contribution in [0.4, 0.5) is 0 Å². The lowest BCUT2D eigenvalue weighted by Crippen LogP contribution is -2.47. The van der Waals surface area contributed by atoms with E-state index in [9.17, 15) is 0 Å². The van der Waals surface area contributed by atoms with E-state index in [4.69, 9.17) is 4.74 Å². The number of piperidine rings is 1. The van der Waals surface area contributed by atoms with Gasteiger partial charge >= 0.3 is 0 Å². The van der Waals surface area contributed by atoms with Gasteiger partial charge < -0.3 is 15.0 Å². The van der Waals surface area contributed by atoms with Crippen LogP contribution in [0.3, 0.4) is 0 Å². The molecule has 2 heterocycles. The summed E-state index contributed by atoms with van der Waals surface area (Å²) < 4.78 is 5.62. The third-order valence-electron chi connectivity index (χ3n) is 3.81. The Morgan fingerprint density at radius 3 is 2.61 bits per heavy atom. The molecule has 0 amide bonds. The van der Waals surface area contributed by atoms with Crippen LogP contribution in [0, 0.1) is 5.92 Å². The minimum atomic E-state index is 0. The molecule has 0 spiro atoms. The molecule has 2 fully saturated rings. The molecule has 0 aliphatic carbocycles. The SMILES string of the molecule is CN=C(NCC1CCCO1)N1CCC(C)CC1.I. The zero-order valence-electron chi connectivity index (χ0n) is 11.5. The fraction of sp³-hybridized carbons (Fsp3) is 0.923. The summed E-state index contributed by atoms with van der Waals surface area (Å²) in [7, 11) is 1.87. The lowest BCUT2D eigenvalue weighted by molar-refractivity contribution is 0.113. The second kappa shape index (κ2) is 8.19. The van der Waals surface area contributed by atoms with Crippen LogP contribution in [0.25, 0.3) is 0 Å². The molecule has 2 saturated heterocycles. The van der Waals surface area contributed by atoms with Gasteiger partial charge in [0, 0.05) is 33.3 Å². The predicted molar refractivity (Wildman–Crippen MR) is 85.7 cm³/mol. The van der Waals surface area contributed by atoms with Crippen LogP contribution in [0.1, 0.15) is 32.6 Å². The molecule has 2 aliphatic rings. The number of ether oxygens (including phenoxy) is 1. The molecule has 18 heavy (non-hydrogen) atoms. The lowest BCUT2D eigenvalue weighted by Gasteiger charge is -2.33. The monoisotopic (exact) mass is 367 g/mol. The van der Waals surface area contributed by atoms with Crippen molar-refractivity contribution in [1.29, 1.82) is 0 Å². The van der Waals surface area contributed by atoms with E-state index in [0.717, 1.165) is 38.1 Å². The van der Waals surface area contributed by atoms with Crippen LogP contribution < -0.4 is 5.32 Å². The molecule has 106 valence electrons. The highest BCUT2D eigenvalue weighted by atomic mass is 127. The van der Waals surface area contributed by atoms with Crippen LogP contribution in [0.5, 0.6) is 0 Å². The molecule has 0 aromatic heterocycles. The van der Waals surface area contributed by atoms with Crippen molar-refractivity contribution in [2.24, 2.45) is 10.9 Å². The normalized spacial score (nSPS) is 26.0. The van der Waals surface area contributed by atoms with Crippen LogP contribution >= 0.6 is 24.0 Å². The van der Waals surface area contributed by atoms with E-state index in [1.807, 2.05) is 7.05 Å². The first kappa shape index (κ1) is 16.0. The molecule has 1 atom stereocenters. The summed E-state index contributed by atoms with van der Waals surface area (Å²) in [5.41, 5.74) is 0. The molecule has 0 aromatic rings. The molecule has 0 saturated carbocycles. The summed E-state index contributed by atoms with van der Waals surface area (Å²) in [6.07, 6.45) is 5.32. The van der Waals surface area contributed by atoms with Crippen LogP contribution in [0.15, 0.2) is 4.99 Å². The first-order valence-corrected chi connectivity index (χ1v) is 6.87. The summed E-state index contributed by atoms with van der Waals surface area (Å²) in [5, 5.41) is 3.45. The van der Waals surface area contributed by atoms with E-state index >= 15 is 0 Å². The van der Waals surface area contributed by atoms with Gasteiger partial charge in [-0.05, 0) is 31.6 Å².